The van der Waals surface area contributed by atoms with E-state index in [1.807, 2.05) is 54.6 Å². The first-order chi connectivity index (χ1) is 31.9. The summed E-state index contributed by atoms with van der Waals surface area (Å²) in [4.78, 5) is 14.2. The lowest BCUT2D eigenvalue weighted by atomic mass is 9.73. The number of nitrogens with zero attached hydrogens (tertiary/aromatic N) is 4. The van der Waals surface area contributed by atoms with E-state index in [9.17, 15) is 0 Å². The Labute approximate surface area is 377 Å². The Morgan fingerprint density at radius 2 is 0.815 bits per heavy atom. The van der Waals surface area contributed by atoms with Crippen LogP contribution in [0.5, 0.6) is 0 Å². The molecule has 65 heavy (non-hydrogen) atoms. The van der Waals surface area contributed by atoms with E-state index in [0.717, 1.165) is 84.0 Å². The molecular formula is C59H42N4O2. The van der Waals surface area contributed by atoms with E-state index >= 15 is 0 Å². The van der Waals surface area contributed by atoms with Gasteiger partial charge in [-0.1, -0.05) is 123 Å². The first kappa shape index (κ1) is 38.2. The maximum atomic E-state index is 6.22. The van der Waals surface area contributed by atoms with Crippen LogP contribution in [0.15, 0.2) is 227 Å². The van der Waals surface area contributed by atoms with Gasteiger partial charge in [0.2, 0.25) is 11.8 Å². The molecule has 0 N–H and O–H groups in total. The molecule has 0 spiro atoms. The molecule has 0 atom stereocenters. The van der Waals surface area contributed by atoms with Crippen molar-refractivity contribution in [2.75, 3.05) is 9.80 Å². The van der Waals surface area contributed by atoms with Crippen molar-refractivity contribution < 1.29 is 8.83 Å². The van der Waals surface area contributed by atoms with Crippen LogP contribution in [0.4, 0.5) is 34.1 Å². The molecule has 0 aliphatic carbocycles. The molecule has 0 saturated heterocycles. The fourth-order valence-electron chi connectivity index (χ4n) is 9.34. The van der Waals surface area contributed by atoms with Crippen LogP contribution in [-0.4, -0.2) is 9.97 Å². The van der Waals surface area contributed by atoms with Crippen LogP contribution >= 0.6 is 0 Å². The number of para-hydroxylation sites is 6. The smallest absolute Gasteiger partial charge is 0.227 e. The predicted octanol–water partition coefficient (Wildman–Crippen LogP) is 16.2. The quantitative estimate of drug-likeness (QED) is 0.152. The summed E-state index contributed by atoms with van der Waals surface area (Å²) in [6.45, 7) is 4.61. The van der Waals surface area contributed by atoms with Gasteiger partial charge >= 0.3 is 0 Å². The van der Waals surface area contributed by atoms with Gasteiger partial charge in [0.15, 0.2) is 11.2 Å². The van der Waals surface area contributed by atoms with Gasteiger partial charge in [0.1, 0.15) is 11.0 Å². The second-order valence-electron chi connectivity index (χ2n) is 17.1. The van der Waals surface area contributed by atoms with Crippen molar-refractivity contribution in [3.05, 3.63) is 230 Å². The van der Waals surface area contributed by atoms with Gasteiger partial charge in [-0.3, -0.25) is 0 Å². The lowest BCUT2D eigenvalue weighted by molar-refractivity contribution is 0.615. The minimum atomic E-state index is -0.240. The molecule has 3 heterocycles. The zero-order valence-electron chi connectivity index (χ0n) is 35.9. The summed E-state index contributed by atoms with van der Waals surface area (Å²) in [6, 6.07) is 76.6. The number of hydrogen-bond donors (Lipinski definition) is 0. The number of fused-ring (bicyclic) bond motifs is 4. The second-order valence-corrected chi connectivity index (χ2v) is 17.1. The highest BCUT2D eigenvalue weighted by molar-refractivity contribution is 5.89. The van der Waals surface area contributed by atoms with Crippen molar-refractivity contribution in [3.8, 4) is 45.2 Å². The number of oxazole rings is 2. The van der Waals surface area contributed by atoms with Crippen molar-refractivity contribution in [2.24, 2.45) is 0 Å². The van der Waals surface area contributed by atoms with E-state index in [-0.39, 0.29) is 5.41 Å². The van der Waals surface area contributed by atoms with Crippen LogP contribution in [0.25, 0.3) is 67.4 Å². The molecule has 6 heteroatoms. The SMILES string of the molecule is CC1(C)c2ccccc2N(c2ccc(-c3ccc(-c4ccc(N(c5ccccc5)c5ccc(-c6nc7ccccc7o6)cc5)cc4)cc3)cc2)c2ccc(-c3nc4ccccc4o3)cc21. The summed E-state index contributed by atoms with van der Waals surface area (Å²) in [7, 11) is 0. The molecular weight excluding hydrogens is 797 g/mol. The molecule has 9 aromatic carbocycles. The van der Waals surface area contributed by atoms with Gasteiger partial charge in [-0.2, -0.15) is 0 Å². The van der Waals surface area contributed by atoms with Crippen LogP contribution in [0.1, 0.15) is 25.0 Å². The number of rotatable bonds is 8. The average Bonchev–Trinajstić information content (AvgIpc) is 4.01. The highest BCUT2D eigenvalue weighted by Crippen LogP contribution is 2.53. The highest BCUT2D eigenvalue weighted by Gasteiger charge is 2.37. The average molecular weight is 839 g/mol. The molecule has 0 unspecified atom stereocenters. The van der Waals surface area contributed by atoms with Crippen LogP contribution in [0.3, 0.4) is 0 Å². The van der Waals surface area contributed by atoms with E-state index in [1.165, 1.54) is 16.8 Å². The van der Waals surface area contributed by atoms with Crippen molar-refractivity contribution in [2.45, 2.75) is 19.3 Å². The van der Waals surface area contributed by atoms with E-state index in [4.69, 9.17) is 18.8 Å². The van der Waals surface area contributed by atoms with Crippen molar-refractivity contribution in [1.82, 2.24) is 9.97 Å². The number of benzene rings is 9. The molecule has 0 amide bonds. The first-order valence-electron chi connectivity index (χ1n) is 22.0. The minimum Gasteiger partial charge on any atom is -0.436 e. The molecule has 1 aliphatic rings. The Balaban J connectivity index is 0.806. The molecule has 11 aromatic rings. The maximum Gasteiger partial charge on any atom is 0.227 e. The van der Waals surface area contributed by atoms with E-state index < -0.39 is 0 Å². The standard InChI is InChI=1S/C59H42N4O2/c1-59(2)49-14-6-9-17-53(49)63(54-37-30-44(38-50(54)59)58-61-52-16-8-11-19-56(52)65-58)48-33-26-42(27-34-48)40-22-20-39(21-23-40)41-24-31-46(32-25-41)62(45-12-4-3-5-13-45)47-35-28-43(29-36-47)57-60-51-15-7-10-18-55(51)64-57/h3-38H,1-2H3. The summed E-state index contributed by atoms with van der Waals surface area (Å²) in [5.74, 6) is 1.25. The molecule has 12 rings (SSSR count). The Morgan fingerprint density at radius 3 is 1.40 bits per heavy atom. The molecule has 310 valence electrons. The molecule has 6 nitrogen and oxygen atoms in total. The fourth-order valence-corrected chi connectivity index (χ4v) is 9.34. The number of anilines is 6. The third-order valence-electron chi connectivity index (χ3n) is 12.8. The summed E-state index contributed by atoms with van der Waals surface area (Å²) < 4.78 is 12.3. The number of aromatic nitrogens is 2. The van der Waals surface area contributed by atoms with Crippen LogP contribution < -0.4 is 9.80 Å². The van der Waals surface area contributed by atoms with Crippen molar-refractivity contribution >= 4 is 56.3 Å². The lowest BCUT2D eigenvalue weighted by Gasteiger charge is -2.42. The zero-order chi connectivity index (χ0) is 43.5. The van der Waals surface area contributed by atoms with Crippen LogP contribution in [-0.2, 0) is 5.41 Å². The molecule has 0 bridgehead atoms. The molecule has 0 saturated carbocycles. The third kappa shape index (κ3) is 6.75. The first-order valence-corrected chi connectivity index (χ1v) is 22.0. The van der Waals surface area contributed by atoms with Gasteiger partial charge in [0, 0.05) is 39.3 Å². The highest BCUT2D eigenvalue weighted by atomic mass is 16.4. The third-order valence-corrected chi connectivity index (χ3v) is 12.8. The molecule has 0 fully saturated rings. The van der Waals surface area contributed by atoms with Crippen LogP contribution in [0.2, 0.25) is 0 Å². The maximum absolute atomic E-state index is 6.22. The van der Waals surface area contributed by atoms with Gasteiger partial charge < -0.3 is 18.6 Å². The minimum absolute atomic E-state index is 0.240. The monoisotopic (exact) mass is 838 g/mol. The molecule has 0 radical (unpaired) electrons. The van der Waals surface area contributed by atoms with Gasteiger partial charge in [-0.15, -0.1) is 0 Å². The molecule has 1 aliphatic heterocycles. The Bertz CT molecular complexity index is 3430. The zero-order valence-corrected chi connectivity index (χ0v) is 35.9. The lowest BCUT2D eigenvalue weighted by Crippen LogP contribution is -2.30. The topological polar surface area (TPSA) is 58.5 Å². The van der Waals surface area contributed by atoms with E-state index in [2.05, 4.69) is 187 Å². The van der Waals surface area contributed by atoms with Gasteiger partial charge in [0.25, 0.3) is 0 Å². The summed E-state index contributed by atoms with van der Waals surface area (Å²) in [6.07, 6.45) is 0. The Morgan fingerprint density at radius 1 is 0.385 bits per heavy atom. The molecule has 2 aromatic heterocycles. The fraction of sp³-hybridized carbons (Fsp3) is 0.0508. The summed E-state index contributed by atoms with van der Waals surface area (Å²) >= 11 is 0. The largest absolute Gasteiger partial charge is 0.436 e. The van der Waals surface area contributed by atoms with E-state index in [1.54, 1.807) is 0 Å². The number of hydrogen-bond acceptors (Lipinski definition) is 6. The van der Waals surface area contributed by atoms with E-state index in [0.29, 0.717) is 11.8 Å². The summed E-state index contributed by atoms with van der Waals surface area (Å²) in [5.41, 5.74) is 18.7. The van der Waals surface area contributed by atoms with Gasteiger partial charge in [-0.05, 0) is 143 Å². The normalized spacial score (nSPS) is 12.9. The second kappa shape index (κ2) is 15.4. The Hall–Kier alpha value is -8.48. The predicted molar refractivity (Wildman–Crippen MR) is 265 cm³/mol. The van der Waals surface area contributed by atoms with Crippen molar-refractivity contribution in [3.63, 3.8) is 0 Å². The van der Waals surface area contributed by atoms with Crippen molar-refractivity contribution in [1.29, 1.82) is 0 Å². The summed E-state index contributed by atoms with van der Waals surface area (Å²) in [5, 5.41) is 0. The van der Waals surface area contributed by atoms with Gasteiger partial charge in [-0.25, -0.2) is 9.97 Å². The van der Waals surface area contributed by atoms with Gasteiger partial charge in [0.05, 0.1) is 11.4 Å². The van der Waals surface area contributed by atoms with Crippen LogP contribution in [0, 0.1) is 0 Å². The Kier molecular flexibility index (Phi) is 9.05.